The molecule has 0 atom stereocenters. The molecule has 2 aromatic heterocycles. The maximum Gasteiger partial charge on any atom is 0.263 e. The molecule has 3 aromatic rings. The lowest BCUT2D eigenvalue weighted by Crippen LogP contribution is -2.35. The molecule has 0 unspecified atom stereocenters. The minimum absolute atomic E-state index is 0.230. The summed E-state index contributed by atoms with van der Waals surface area (Å²) in [5.74, 6) is 0.204. The number of aryl methyl sites for hydroxylation is 2. The van der Waals surface area contributed by atoms with Crippen LogP contribution in [0.2, 0.25) is 0 Å². The van der Waals surface area contributed by atoms with Crippen LogP contribution in [0.1, 0.15) is 41.8 Å². The second-order valence-corrected chi connectivity index (χ2v) is 7.30. The van der Waals surface area contributed by atoms with Crippen LogP contribution in [0.5, 0.6) is 0 Å². The number of amides is 1. The number of fused-ring (bicyclic) bond motifs is 1. The Hall–Kier alpha value is -2.96. The molecule has 0 N–H and O–H groups in total. The molecule has 0 saturated heterocycles. The van der Waals surface area contributed by atoms with Crippen LogP contribution in [-0.4, -0.2) is 32.7 Å². The molecule has 0 saturated carbocycles. The van der Waals surface area contributed by atoms with Crippen molar-refractivity contribution in [3.8, 4) is 0 Å². The fourth-order valence-electron chi connectivity index (χ4n) is 2.96. The second kappa shape index (κ2) is 7.73. The first-order chi connectivity index (χ1) is 12.9. The predicted molar refractivity (Wildman–Crippen MR) is 102 cm³/mol. The smallest absolute Gasteiger partial charge is 0.263 e. The third-order valence-corrected chi connectivity index (χ3v) is 4.62. The van der Waals surface area contributed by atoms with Gasteiger partial charge in [0.2, 0.25) is 0 Å². The Bertz CT molecular complexity index is 1020. The summed E-state index contributed by atoms with van der Waals surface area (Å²) >= 11 is 0. The third kappa shape index (κ3) is 4.07. The summed E-state index contributed by atoms with van der Waals surface area (Å²) in [6.45, 7) is 6.99. The summed E-state index contributed by atoms with van der Waals surface area (Å²) in [5.41, 5.74) is 2.88. The summed E-state index contributed by atoms with van der Waals surface area (Å²) in [4.78, 5) is 27.3. The fraction of sp³-hybridized carbons (Fsp3) is 0.400. The molecule has 0 aliphatic carbocycles. The normalized spacial score (nSPS) is 11.3. The lowest BCUT2D eigenvalue weighted by molar-refractivity contribution is 0.0782. The average molecular weight is 368 g/mol. The Balaban J connectivity index is 1.83. The van der Waals surface area contributed by atoms with E-state index in [-0.39, 0.29) is 17.0 Å². The first kappa shape index (κ1) is 18.8. The predicted octanol–water partition coefficient (Wildman–Crippen LogP) is 3.01. The molecule has 3 rings (SSSR count). The number of aromatic nitrogens is 3. The quantitative estimate of drug-likeness (QED) is 0.668. The van der Waals surface area contributed by atoms with Crippen LogP contribution in [0.3, 0.4) is 0 Å². The number of pyridine rings is 1. The highest BCUT2D eigenvalue weighted by Gasteiger charge is 2.20. The van der Waals surface area contributed by atoms with Crippen molar-refractivity contribution < 1.29 is 9.42 Å². The number of nitrogens with zero attached hydrogens (tertiary/aromatic N) is 4. The van der Waals surface area contributed by atoms with E-state index in [1.165, 1.54) is 0 Å². The van der Waals surface area contributed by atoms with Crippen molar-refractivity contribution >= 4 is 16.9 Å². The largest absolute Gasteiger partial charge is 0.337 e. The molecule has 0 bridgehead atoms. The Morgan fingerprint density at radius 2 is 1.96 bits per heavy atom. The summed E-state index contributed by atoms with van der Waals surface area (Å²) in [6.07, 6.45) is 2.65. The van der Waals surface area contributed by atoms with E-state index in [0.29, 0.717) is 35.6 Å². The van der Waals surface area contributed by atoms with Crippen molar-refractivity contribution in [2.45, 2.75) is 40.3 Å². The summed E-state index contributed by atoms with van der Waals surface area (Å²) in [5, 5.41) is 7.59. The topological polar surface area (TPSA) is 81.2 Å². The maximum atomic E-state index is 13.0. The van der Waals surface area contributed by atoms with Gasteiger partial charge in [-0.25, -0.2) is 4.63 Å². The Morgan fingerprint density at radius 1 is 1.22 bits per heavy atom. The average Bonchev–Trinajstić information content (AvgIpc) is 3.08. The molecule has 7 nitrogen and oxygen atoms in total. The lowest BCUT2D eigenvalue weighted by Gasteiger charge is -2.19. The highest BCUT2D eigenvalue weighted by atomic mass is 16.6. The Labute approximate surface area is 157 Å². The molecule has 0 fully saturated rings. The van der Waals surface area contributed by atoms with Gasteiger partial charge in [-0.2, -0.15) is 0 Å². The maximum absolute atomic E-state index is 13.0. The minimum Gasteiger partial charge on any atom is -0.337 e. The Kier molecular flexibility index (Phi) is 5.39. The van der Waals surface area contributed by atoms with E-state index < -0.39 is 0 Å². The van der Waals surface area contributed by atoms with Gasteiger partial charge < -0.3 is 9.47 Å². The van der Waals surface area contributed by atoms with Crippen molar-refractivity contribution in [1.29, 1.82) is 0 Å². The molecule has 0 aliphatic rings. The molecule has 2 heterocycles. The van der Waals surface area contributed by atoms with Gasteiger partial charge in [0.1, 0.15) is 16.6 Å². The molecule has 1 aromatic carbocycles. The van der Waals surface area contributed by atoms with Crippen molar-refractivity contribution in [2.24, 2.45) is 5.92 Å². The van der Waals surface area contributed by atoms with E-state index in [1.807, 2.05) is 18.2 Å². The van der Waals surface area contributed by atoms with Crippen LogP contribution in [-0.2, 0) is 13.1 Å². The number of hydrogen-bond donors (Lipinski definition) is 0. The van der Waals surface area contributed by atoms with Gasteiger partial charge in [0.15, 0.2) is 0 Å². The lowest BCUT2D eigenvalue weighted by atomic mass is 10.1. The van der Waals surface area contributed by atoms with Crippen LogP contribution in [0, 0.1) is 12.8 Å². The van der Waals surface area contributed by atoms with E-state index in [0.717, 1.165) is 12.0 Å². The zero-order valence-electron chi connectivity index (χ0n) is 16.1. The second-order valence-electron chi connectivity index (χ2n) is 7.30. The van der Waals surface area contributed by atoms with Crippen LogP contribution >= 0.6 is 0 Å². The number of benzene rings is 1. The molecule has 7 heteroatoms. The zero-order chi connectivity index (χ0) is 19.6. The van der Waals surface area contributed by atoms with Gasteiger partial charge in [0, 0.05) is 26.3 Å². The van der Waals surface area contributed by atoms with E-state index in [1.54, 1.807) is 35.7 Å². The van der Waals surface area contributed by atoms with Crippen LogP contribution in [0.4, 0.5) is 0 Å². The molecule has 0 spiro atoms. The van der Waals surface area contributed by atoms with Crippen LogP contribution in [0.15, 0.2) is 39.9 Å². The fourth-order valence-corrected chi connectivity index (χ4v) is 2.96. The van der Waals surface area contributed by atoms with Crippen molar-refractivity contribution in [3.63, 3.8) is 0 Å². The van der Waals surface area contributed by atoms with E-state index >= 15 is 0 Å². The molecule has 142 valence electrons. The highest BCUT2D eigenvalue weighted by molar-refractivity contribution is 5.95. The number of carbonyl (C=O) groups is 1. The van der Waals surface area contributed by atoms with Gasteiger partial charge in [0.25, 0.3) is 11.5 Å². The van der Waals surface area contributed by atoms with Gasteiger partial charge >= 0.3 is 0 Å². The van der Waals surface area contributed by atoms with E-state index in [2.05, 4.69) is 24.2 Å². The van der Waals surface area contributed by atoms with Crippen LogP contribution < -0.4 is 5.56 Å². The monoisotopic (exact) mass is 368 g/mol. The van der Waals surface area contributed by atoms with Crippen molar-refractivity contribution in [2.75, 3.05) is 7.05 Å². The number of hydrogen-bond acceptors (Lipinski definition) is 5. The molecule has 1 amide bonds. The van der Waals surface area contributed by atoms with Gasteiger partial charge in [-0.05, 0) is 58.9 Å². The Morgan fingerprint density at radius 3 is 2.70 bits per heavy atom. The van der Waals surface area contributed by atoms with Gasteiger partial charge in [-0.1, -0.05) is 19.9 Å². The summed E-state index contributed by atoms with van der Waals surface area (Å²) in [7, 11) is 1.69. The van der Waals surface area contributed by atoms with Gasteiger partial charge in [-0.15, -0.1) is 0 Å². The standard InChI is InChI=1S/C20H24N4O3/c1-13(2)7-9-24-10-8-14(3)18(20(24)26)19(25)23(4)12-15-5-6-16-17(11-15)22-27-21-16/h5-6,8,10-11,13H,7,9,12H2,1-4H3. The summed E-state index contributed by atoms with van der Waals surface area (Å²) < 4.78 is 6.33. The van der Waals surface area contributed by atoms with E-state index in [9.17, 15) is 9.59 Å². The first-order valence-electron chi connectivity index (χ1n) is 9.03. The minimum atomic E-state index is -0.283. The SMILES string of the molecule is Cc1ccn(CCC(C)C)c(=O)c1C(=O)N(C)Cc1ccc2nonc2c1. The van der Waals surface area contributed by atoms with Crippen molar-refractivity contribution in [3.05, 3.63) is 57.5 Å². The van der Waals surface area contributed by atoms with E-state index in [4.69, 9.17) is 4.63 Å². The van der Waals surface area contributed by atoms with Crippen molar-refractivity contribution in [1.82, 2.24) is 19.8 Å². The molecule has 0 radical (unpaired) electrons. The molecule has 27 heavy (non-hydrogen) atoms. The summed E-state index contributed by atoms with van der Waals surface area (Å²) in [6, 6.07) is 7.32. The highest BCUT2D eigenvalue weighted by Crippen LogP contribution is 2.14. The first-order valence-corrected chi connectivity index (χ1v) is 9.03. The molecular weight excluding hydrogens is 344 g/mol. The number of carbonyl (C=O) groups excluding carboxylic acids is 1. The third-order valence-electron chi connectivity index (χ3n) is 4.62. The number of rotatable bonds is 6. The molecule has 0 aliphatic heterocycles. The van der Waals surface area contributed by atoms with Crippen LogP contribution in [0.25, 0.3) is 11.0 Å². The van der Waals surface area contributed by atoms with Gasteiger partial charge in [0.05, 0.1) is 0 Å². The molecular formula is C20H24N4O3. The van der Waals surface area contributed by atoms with Gasteiger partial charge in [-0.3, -0.25) is 9.59 Å². The zero-order valence-corrected chi connectivity index (χ0v) is 16.1.